The molecule has 0 bridgehead atoms. The summed E-state index contributed by atoms with van der Waals surface area (Å²) in [6.07, 6.45) is 3.36. The Morgan fingerprint density at radius 3 is 2.83 bits per heavy atom. The lowest BCUT2D eigenvalue weighted by atomic mass is 10.1. The third kappa shape index (κ3) is 2.91. The summed E-state index contributed by atoms with van der Waals surface area (Å²) in [5.41, 5.74) is 0.330. The van der Waals surface area contributed by atoms with E-state index < -0.39 is 11.6 Å². The predicted octanol–water partition coefficient (Wildman–Crippen LogP) is 1.70. The fourth-order valence-corrected chi connectivity index (χ4v) is 1.50. The van der Waals surface area contributed by atoms with Crippen LogP contribution in [0.3, 0.4) is 0 Å². The number of benzene rings is 1. The van der Waals surface area contributed by atoms with Crippen LogP contribution in [0.5, 0.6) is 0 Å². The Morgan fingerprint density at radius 2 is 2.11 bits per heavy atom. The van der Waals surface area contributed by atoms with Crippen LogP contribution in [0.1, 0.15) is 5.56 Å². The molecule has 2 N–H and O–H groups in total. The molecule has 2 aromatic rings. The third-order valence-electron chi connectivity index (χ3n) is 2.40. The van der Waals surface area contributed by atoms with Gasteiger partial charge >= 0.3 is 0 Å². The second kappa shape index (κ2) is 5.39. The zero-order valence-electron chi connectivity index (χ0n) is 9.41. The van der Waals surface area contributed by atoms with E-state index in [9.17, 15) is 13.6 Å². The van der Waals surface area contributed by atoms with Crippen molar-refractivity contribution in [3.63, 3.8) is 0 Å². The minimum absolute atomic E-state index is 0.208. The Balaban J connectivity index is 1.95. The minimum Gasteiger partial charge on any atom is -0.365 e. The fraction of sp³-hybridized carbons (Fsp3) is 0.167. The smallest absolute Gasteiger partial charge is 0.290 e. The summed E-state index contributed by atoms with van der Waals surface area (Å²) in [5.74, 6) is -1.53. The molecule has 6 heteroatoms. The summed E-state index contributed by atoms with van der Waals surface area (Å²) in [6, 6.07) is 3.72. The first kappa shape index (κ1) is 12.2. The van der Waals surface area contributed by atoms with Gasteiger partial charge in [0.05, 0.1) is 0 Å². The Bertz CT molecular complexity index is 598. The fourth-order valence-electron chi connectivity index (χ4n) is 1.50. The summed E-state index contributed by atoms with van der Waals surface area (Å²) < 4.78 is 25.6. The Labute approximate surface area is 102 Å². The van der Waals surface area contributed by atoms with Gasteiger partial charge in [0.2, 0.25) is 0 Å². The molecule has 0 aliphatic rings. The van der Waals surface area contributed by atoms with Crippen LogP contribution in [0.4, 0.5) is 14.6 Å². The van der Waals surface area contributed by atoms with E-state index in [0.717, 1.165) is 12.1 Å². The van der Waals surface area contributed by atoms with Gasteiger partial charge in [0, 0.05) is 18.9 Å². The molecule has 0 amide bonds. The van der Waals surface area contributed by atoms with Crippen molar-refractivity contribution < 1.29 is 8.78 Å². The summed E-state index contributed by atoms with van der Waals surface area (Å²) >= 11 is 0. The maximum absolute atomic E-state index is 12.9. The Morgan fingerprint density at radius 1 is 1.28 bits per heavy atom. The molecular formula is C12H11F2N3O. The van der Waals surface area contributed by atoms with Crippen molar-refractivity contribution in [3.8, 4) is 0 Å². The van der Waals surface area contributed by atoms with Crippen LogP contribution in [0, 0.1) is 11.6 Å². The first-order valence-electron chi connectivity index (χ1n) is 5.38. The molecule has 0 saturated heterocycles. The van der Waals surface area contributed by atoms with E-state index in [1.54, 1.807) is 0 Å². The van der Waals surface area contributed by atoms with Gasteiger partial charge in [-0.05, 0) is 24.1 Å². The number of H-pyrrole nitrogens is 1. The van der Waals surface area contributed by atoms with Crippen LogP contribution < -0.4 is 10.9 Å². The van der Waals surface area contributed by atoms with Crippen LogP contribution in [0.15, 0.2) is 35.4 Å². The third-order valence-corrected chi connectivity index (χ3v) is 2.40. The summed E-state index contributed by atoms with van der Waals surface area (Å²) in [4.78, 5) is 17.6. The number of rotatable bonds is 4. The lowest BCUT2D eigenvalue weighted by Crippen LogP contribution is -2.17. The van der Waals surface area contributed by atoms with Crippen molar-refractivity contribution in [2.75, 3.05) is 11.9 Å². The van der Waals surface area contributed by atoms with Gasteiger partial charge in [-0.25, -0.2) is 13.8 Å². The predicted molar refractivity (Wildman–Crippen MR) is 63.4 cm³/mol. The highest BCUT2D eigenvalue weighted by atomic mass is 19.2. The van der Waals surface area contributed by atoms with E-state index >= 15 is 0 Å². The van der Waals surface area contributed by atoms with Crippen LogP contribution in [0.2, 0.25) is 0 Å². The molecule has 1 aromatic carbocycles. The molecule has 0 atom stereocenters. The second-order valence-corrected chi connectivity index (χ2v) is 3.69. The molecule has 1 aromatic heterocycles. The SMILES string of the molecule is O=c1[nH]ccnc1NCCc1ccc(F)c(F)c1. The van der Waals surface area contributed by atoms with Gasteiger partial charge in [-0.2, -0.15) is 0 Å². The second-order valence-electron chi connectivity index (χ2n) is 3.69. The van der Waals surface area contributed by atoms with Gasteiger partial charge in [-0.15, -0.1) is 0 Å². The number of aromatic nitrogens is 2. The van der Waals surface area contributed by atoms with Gasteiger partial charge in [-0.1, -0.05) is 6.07 Å². The molecule has 0 radical (unpaired) electrons. The molecule has 0 saturated carbocycles. The number of hydrogen-bond acceptors (Lipinski definition) is 3. The summed E-state index contributed by atoms with van der Waals surface area (Å²) in [6.45, 7) is 0.408. The van der Waals surface area contributed by atoms with E-state index in [1.165, 1.54) is 18.5 Å². The number of nitrogens with one attached hydrogen (secondary N) is 2. The molecule has 0 unspecified atom stereocenters. The van der Waals surface area contributed by atoms with E-state index in [1.807, 2.05) is 0 Å². The van der Waals surface area contributed by atoms with Crippen LogP contribution in [-0.4, -0.2) is 16.5 Å². The van der Waals surface area contributed by atoms with Crippen LogP contribution in [0.25, 0.3) is 0 Å². The highest BCUT2D eigenvalue weighted by Crippen LogP contribution is 2.09. The molecule has 0 aliphatic carbocycles. The van der Waals surface area contributed by atoms with Gasteiger partial charge in [0.1, 0.15) is 0 Å². The van der Waals surface area contributed by atoms with Gasteiger partial charge in [0.25, 0.3) is 5.56 Å². The van der Waals surface area contributed by atoms with Crippen molar-refractivity contribution in [3.05, 3.63) is 58.1 Å². The Kier molecular flexibility index (Phi) is 3.66. The normalized spacial score (nSPS) is 10.3. The van der Waals surface area contributed by atoms with Crippen LogP contribution in [-0.2, 0) is 6.42 Å². The first-order chi connectivity index (χ1) is 8.66. The molecule has 0 spiro atoms. The number of anilines is 1. The number of nitrogens with zero attached hydrogens (tertiary/aromatic N) is 1. The van der Waals surface area contributed by atoms with E-state index in [4.69, 9.17) is 0 Å². The quantitative estimate of drug-likeness (QED) is 0.869. The summed E-state index contributed by atoms with van der Waals surface area (Å²) in [5, 5.41) is 2.82. The summed E-state index contributed by atoms with van der Waals surface area (Å²) in [7, 11) is 0. The average molecular weight is 251 g/mol. The van der Waals surface area contributed by atoms with E-state index in [0.29, 0.717) is 18.5 Å². The van der Waals surface area contributed by atoms with E-state index in [-0.39, 0.29) is 11.4 Å². The molecule has 0 fully saturated rings. The topological polar surface area (TPSA) is 57.8 Å². The van der Waals surface area contributed by atoms with Crippen molar-refractivity contribution in [2.45, 2.75) is 6.42 Å². The van der Waals surface area contributed by atoms with E-state index in [2.05, 4.69) is 15.3 Å². The van der Waals surface area contributed by atoms with Gasteiger partial charge in [-0.3, -0.25) is 4.79 Å². The monoisotopic (exact) mass is 251 g/mol. The number of aromatic amines is 1. The van der Waals surface area contributed by atoms with Crippen LogP contribution >= 0.6 is 0 Å². The highest BCUT2D eigenvalue weighted by Gasteiger charge is 2.03. The highest BCUT2D eigenvalue weighted by molar-refractivity contribution is 5.30. The molecule has 0 aliphatic heterocycles. The van der Waals surface area contributed by atoms with Crippen molar-refractivity contribution in [1.82, 2.24) is 9.97 Å². The molecule has 1 heterocycles. The van der Waals surface area contributed by atoms with Gasteiger partial charge < -0.3 is 10.3 Å². The molecule has 94 valence electrons. The van der Waals surface area contributed by atoms with Crippen molar-refractivity contribution in [1.29, 1.82) is 0 Å². The molecule has 18 heavy (non-hydrogen) atoms. The average Bonchev–Trinajstić information content (AvgIpc) is 2.36. The first-order valence-corrected chi connectivity index (χ1v) is 5.38. The molecular weight excluding hydrogens is 240 g/mol. The zero-order valence-corrected chi connectivity index (χ0v) is 9.41. The van der Waals surface area contributed by atoms with Gasteiger partial charge in [0.15, 0.2) is 17.5 Å². The maximum Gasteiger partial charge on any atom is 0.290 e. The van der Waals surface area contributed by atoms with Crippen molar-refractivity contribution >= 4 is 5.82 Å². The number of hydrogen-bond donors (Lipinski definition) is 2. The Hall–Kier alpha value is -2.24. The maximum atomic E-state index is 12.9. The number of halogens is 2. The standard InChI is InChI=1S/C12H11F2N3O/c13-9-2-1-8(7-10(9)14)3-4-15-11-12(18)17-6-5-16-11/h1-2,5-7H,3-4H2,(H,15,16)(H,17,18). The minimum atomic E-state index is -0.872. The largest absolute Gasteiger partial charge is 0.365 e. The lowest BCUT2D eigenvalue weighted by molar-refractivity contribution is 0.507. The lowest BCUT2D eigenvalue weighted by Gasteiger charge is -2.04. The zero-order chi connectivity index (χ0) is 13.0. The molecule has 4 nitrogen and oxygen atoms in total. The van der Waals surface area contributed by atoms with Crippen molar-refractivity contribution in [2.24, 2.45) is 0 Å². The molecule has 2 rings (SSSR count).